The Morgan fingerprint density at radius 3 is 2.81 bits per heavy atom. The van der Waals surface area contributed by atoms with E-state index in [4.69, 9.17) is 10.3 Å². The van der Waals surface area contributed by atoms with Gasteiger partial charge < -0.3 is 10.3 Å². The molecule has 0 unspecified atom stereocenters. The zero-order chi connectivity index (χ0) is 14.8. The minimum Gasteiger partial charge on any atom is -0.396 e. The van der Waals surface area contributed by atoms with E-state index in [0.717, 1.165) is 10.0 Å². The summed E-state index contributed by atoms with van der Waals surface area (Å²) in [6, 6.07) is 12.3. The third kappa shape index (κ3) is 3.11. The lowest BCUT2D eigenvalue weighted by Gasteiger charge is -1.98. The SMILES string of the molecule is Nc1ccc(-c2nc(Cc3cccc(Br)c3)no2)cc1F. The number of anilines is 1. The van der Waals surface area contributed by atoms with Crippen LogP contribution in [0.1, 0.15) is 11.4 Å². The van der Waals surface area contributed by atoms with Crippen LogP contribution in [0.5, 0.6) is 0 Å². The first-order valence-electron chi connectivity index (χ1n) is 6.24. The summed E-state index contributed by atoms with van der Waals surface area (Å²) in [6.45, 7) is 0. The Labute approximate surface area is 128 Å². The van der Waals surface area contributed by atoms with E-state index in [9.17, 15) is 4.39 Å². The molecular weight excluding hydrogens is 337 g/mol. The number of nitrogen functional groups attached to an aromatic ring is 1. The van der Waals surface area contributed by atoms with Crippen LogP contribution in [0.3, 0.4) is 0 Å². The lowest BCUT2D eigenvalue weighted by atomic mass is 10.1. The number of rotatable bonds is 3. The van der Waals surface area contributed by atoms with Crippen molar-refractivity contribution < 1.29 is 8.91 Å². The monoisotopic (exact) mass is 347 g/mol. The van der Waals surface area contributed by atoms with Crippen molar-refractivity contribution in [1.29, 1.82) is 0 Å². The van der Waals surface area contributed by atoms with Gasteiger partial charge >= 0.3 is 0 Å². The first-order chi connectivity index (χ1) is 10.1. The molecule has 0 saturated heterocycles. The van der Waals surface area contributed by atoms with Crippen LogP contribution in [0.2, 0.25) is 0 Å². The highest BCUT2D eigenvalue weighted by Crippen LogP contribution is 2.22. The first kappa shape index (κ1) is 13.8. The van der Waals surface area contributed by atoms with Crippen molar-refractivity contribution in [2.24, 2.45) is 0 Å². The zero-order valence-corrected chi connectivity index (χ0v) is 12.5. The van der Waals surface area contributed by atoms with Crippen LogP contribution < -0.4 is 5.73 Å². The van der Waals surface area contributed by atoms with Crippen molar-refractivity contribution in [3.63, 3.8) is 0 Å². The van der Waals surface area contributed by atoms with Crippen molar-refractivity contribution >= 4 is 21.6 Å². The van der Waals surface area contributed by atoms with E-state index in [-0.39, 0.29) is 11.6 Å². The first-order valence-corrected chi connectivity index (χ1v) is 7.03. The van der Waals surface area contributed by atoms with E-state index in [2.05, 4.69) is 26.1 Å². The highest BCUT2D eigenvalue weighted by molar-refractivity contribution is 9.10. The molecule has 2 N–H and O–H groups in total. The average Bonchev–Trinajstić information content (AvgIpc) is 2.90. The summed E-state index contributed by atoms with van der Waals surface area (Å²) >= 11 is 3.41. The molecule has 4 nitrogen and oxygen atoms in total. The molecule has 0 saturated carbocycles. The Balaban J connectivity index is 1.84. The molecule has 0 aliphatic carbocycles. The average molecular weight is 348 g/mol. The van der Waals surface area contributed by atoms with Gasteiger partial charge in [0.15, 0.2) is 5.82 Å². The number of nitrogens with zero attached hydrogens (tertiary/aromatic N) is 2. The van der Waals surface area contributed by atoms with Crippen LogP contribution in [0, 0.1) is 5.82 Å². The molecule has 21 heavy (non-hydrogen) atoms. The molecule has 106 valence electrons. The minimum absolute atomic E-state index is 0.0904. The van der Waals surface area contributed by atoms with Gasteiger partial charge in [-0.1, -0.05) is 33.2 Å². The molecule has 0 aliphatic rings. The van der Waals surface area contributed by atoms with Crippen molar-refractivity contribution in [2.75, 3.05) is 5.73 Å². The van der Waals surface area contributed by atoms with Gasteiger partial charge in [0, 0.05) is 16.5 Å². The van der Waals surface area contributed by atoms with Gasteiger partial charge in [-0.15, -0.1) is 0 Å². The van der Waals surface area contributed by atoms with Gasteiger partial charge in [-0.3, -0.25) is 0 Å². The van der Waals surface area contributed by atoms with Gasteiger partial charge in [-0.05, 0) is 35.9 Å². The predicted molar refractivity (Wildman–Crippen MR) is 81.1 cm³/mol. The molecule has 6 heteroatoms. The number of hydrogen-bond donors (Lipinski definition) is 1. The van der Waals surface area contributed by atoms with Crippen molar-refractivity contribution in [3.8, 4) is 11.5 Å². The second-order valence-corrected chi connectivity index (χ2v) is 5.47. The quantitative estimate of drug-likeness (QED) is 0.731. The number of aromatic nitrogens is 2. The molecule has 0 radical (unpaired) electrons. The predicted octanol–water partition coefficient (Wildman–Crippen LogP) is 3.81. The summed E-state index contributed by atoms with van der Waals surface area (Å²) in [6.07, 6.45) is 0.542. The largest absolute Gasteiger partial charge is 0.396 e. The summed E-state index contributed by atoms with van der Waals surface area (Å²) in [5.74, 6) is 0.318. The Morgan fingerprint density at radius 1 is 1.19 bits per heavy atom. The molecule has 0 atom stereocenters. The summed E-state index contributed by atoms with van der Waals surface area (Å²) in [5.41, 5.74) is 7.10. The molecule has 0 fully saturated rings. The topological polar surface area (TPSA) is 64.9 Å². The molecule has 0 amide bonds. The fourth-order valence-corrected chi connectivity index (χ4v) is 2.38. The second kappa shape index (κ2) is 5.65. The lowest BCUT2D eigenvalue weighted by Crippen LogP contribution is -1.92. The maximum atomic E-state index is 13.4. The van der Waals surface area contributed by atoms with E-state index >= 15 is 0 Å². The van der Waals surface area contributed by atoms with E-state index in [1.54, 1.807) is 6.07 Å². The van der Waals surface area contributed by atoms with Gasteiger partial charge in [0.1, 0.15) is 5.82 Å². The van der Waals surface area contributed by atoms with E-state index in [1.807, 2.05) is 24.3 Å². The van der Waals surface area contributed by atoms with Gasteiger partial charge in [-0.25, -0.2) is 4.39 Å². The van der Waals surface area contributed by atoms with E-state index in [0.29, 0.717) is 17.8 Å². The smallest absolute Gasteiger partial charge is 0.258 e. The Hall–Kier alpha value is -2.21. The van der Waals surface area contributed by atoms with Crippen LogP contribution in [0.15, 0.2) is 51.5 Å². The molecule has 3 rings (SSSR count). The lowest BCUT2D eigenvalue weighted by molar-refractivity contribution is 0.423. The fourth-order valence-electron chi connectivity index (χ4n) is 1.93. The molecular formula is C15H11BrFN3O. The van der Waals surface area contributed by atoms with Gasteiger partial charge in [0.2, 0.25) is 0 Å². The van der Waals surface area contributed by atoms with Gasteiger partial charge in [0.05, 0.1) is 5.69 Å². The number of hydrogen-bond acceptors (Lipinski definition) is 4. The highest BCUT2D eigenvalue weighted by Gasteiger charge is 2.11. The number of halogens is 2. The van der Waals surface area contributed by atoms with E-state index < -0.39 is 5.82 Å². The molecule has 3 aromatic rings. The van der Waals surface area contributed by atoms with Crippen LogP contribution in [0.4, 0.5) is 10.1 Å². The standard InChI is InChI=1S/C15H11BrFN3O/c16-11-3-1-2-9(6-11)7-14-19-15(21-20-14)10-4-5-13(18)12(17)8-10/h1-6,8H,7,18H2. The third-order valence-corrected chi connectivity index (χ3v) is 3.46. The molecule has 1 heterocycles. The van der Waals surface area contributed by atoms with E-state index in [1.165, 1.54) is 12.1 Å². The Bertz CT molecular complexity index is 788. The summed E-state index contributed by atoms with van der Waals surface area (Å²) < 4.78 is 19.6. The molecule has 1 aromatic heterocycles. The van der Waals surface area contributed by atoms with Crippen LogP contribution in [-0.4, -0.2) is 10.1 Å². The Kier molecular flexibility index (Phi) is 3.70. The molecule has 0 bridgehead atoms. The molecule has 0 spiro atoms. The van der Waals surface area contributed by atoms with Crippen molar-refractivity contribution in [1.82, 2.24) is 10.1 Å². The molecule has 0 aliphatic heterocycles. The Morgan fingerprint density at radius 2 is 2.05 bits per heavy atom. The summed E-state index contributed by atoms with van der Waals surface area (Å²) in [4.78, 5) is 4.28. The van der Waals surface area contributed by atoms with Crippen molar-refractivity contribution in [3.05, 3.63) is 64.1 Å². The fraction of sp³-hybridized carbons (Fsp3) is 0.0667. The highest BCUT2D eigenvalue weighted by atomic mass is 79.9. The van der Waals surface area contributed by atoms with Gasteiger partial charge in [-0.2, -0.15) is 4.98 Å². The van der Waals surface area contributed by atoms with Crippen LogP contribution >= 0.6 is 15.9 Å². The maximum Gasteiger partial charge on any atom is 0.258 e. The molecule has 2 aromatic carbocycles. The number of benzene rings is 2. The maximum absolute atomic E-state index is 13.4. The second-order valence-electron chi connectivity index (χ2n) is 4.56. The zero-order valence-electron chi connectivity index (χ0n) is 10.9. The summed E-state index contributed by atoms with van der Waals surface area (Å²) in [7, 11) is 0. The van der Waals surface area contributed by atoms with Crippen LogP contribution in [-0.2, 0) is 6.42 Å². The number of nitrogens with two attached hydrogens (primary N) is 1. The summed E-state index contributed by atoms with van der Waals surface area (Å²) in [5, 5.41) is 3.91. The van der Waals surface area contributed by atoms with Crippen molar-refractivity contribution in [2.45, 2.75) is 6.42 Å². The van der Waals surface area contributed by atoms with Crippen LogP contribution in [0.25, 0.3) is 11.5 Å². The normalized spacial score (nSPS) is 10.8. The third-order valence-electron chi connectivity index (χ3n) is 2.97. The minimum atomic E-state index is -0.501. The van der Waals surface area contributed by atoms with Gasteiger partial charge in [0.25, 0.3) is 5.89 Å².